The highest BCUT2D eigenvalue weighted by atomic mass is 33.1. The van der Waals surface area contributed by atoms with Crippen LogP contribution in [0.25, 0.3) is 21.8 Å². The van der Waals surface area contributed by atoms with Crippen LogP contribution < -0.4 is 85.9 Å². The zero-order valence-electron chi connectivity index (χ0n) is 61.7. The lowest BCUT2D eigenvalue weighted by molar-refractivity contribution is -0.136. The first-order valence-corrected chi connectivity index (χ1v) is 39.0. The summed E-state index contributed by atoms with van der Waals surface area (Å²) in [6.07, 6.45) is 7.31. The molecule has 6 heterocycles. The summed E-state index contributed by atoms with van der Waals surface area (Å²) in [5.74, 6) is -12.7. The molecule has 12 amide bonds. The van der Waals surface area contributed by atoms with E-state index in [1.54, 1.807) is 122 Å². The summed E-state index contributed by atoms with van der Waals surface area (Å²) in [5.41, 5.74) is 15.3. The van der Waals surface area contributed by atoms with E-state index in [2.05, 4.69) is 104 Å². The third-order valence-corrected chi connectivity index (χ3v) is 21.3. The van der Waals surface area contributed by atoms with Gasteiger partial charge in [-0.15, -0.1) is 0 Å². The van der Waals surface area contributed by atoms with Crippen LogP contribution in [0.5, 0.6) is 0 Å². The van der Waals surface area contributed by atoms with Crippen molar-refractivity contribution in [1.29, 1.82) is 10.8 Å². The standard InChI is InChI=1S/C75H92N24O12S2/c1-40-61(100)92-58(31-46-35-80-38-86-46)68(107)94-55(28-43-17-7-4-8-18-43)66(105)91-53(24-14-26-83-75(78)79)64(103)97-57(30-45-34-85-51-22-12-10-20-49(45)51)70(109)99-73-72(111)89-41(2)62(101)93-59(32-47-36-81-39-87-47)69(108)95-54(27-42-15-5-3-6-16-42)65(104)90-52(23-13-25-82-74(76)77)63(102)96-56(29-44-33-84-50-21-11-9-19-48(44)50)67(106)98-60(37-112-113-73)71(110)88-40/h3-12,15-22,33-36,38-41,52-60,73,84-85H,13-14,23-32,37H2,1-2H3,(H,80,86)(H,81,87)(H,88,110)(H,89,111)(H,90,104)(H,91,105)(H,92,100)(H,93,101)(H,94,107)(H,95,108)(H,96,102)(H,97,103)(H,98,106)(H,99,109)(H4,76,77,82)(H4,78,79,83)/t40-,41-,52-,53-,54+,55+,56-,57-,58-,59-,60-,73-/m0/s1. The third kappa shape index (κ3) is 24.1. The molecule has 36 nitrogen and oxygen atoms in total. The molecule has 2 aliphatic rings. The number of para-hydroxylation sites is 2. The number of nitrogens with one attached hydrogen (secondary N) is 20. The number of nitrogens with zero attached hydrogens (tertiary/aromatic N) is 2. The van der Waals surface area contributed by atoms with Gasteiger partial charge in [-0.05, 0) is 73.9 Å². The molecule has 0 aliphatic carbocycles. The molecule has 4 aromatic carbocycles. The molecule has 8 aromatic rings. The van der Waals surface area contributed by atoms with Gasteiger partial charge in [0.2, 0.25) is 65.0 Å². The number of H-pyrrole nitrogens is 4. The number of nitrogens with two attached hydrogens (primary N) is 2. The number of hydrogen-bond donors (Lipinski definition) is 22. The van der Waals surface area contributed by atoms with E-state index in [1.165, 1.54) is 38.9 Å². The summed E-state index contributed by atoms with van der Waals surface area (Å²) in [5, 5.41) is 53.4. The molecule has 4 aromatic heterocycles. The van der Waals surface area contributed by atoms with Gasteiger partial charge < -0.3 is 106 Å². The van der Waals surface area contributed by atoms with E-state index >= 15 is 38.4 Å². The van der Waals surface area contributed by atoms with E-state index < -0.39 is 148 Å². The minimum absolute atomic E-state index is 0.0377. The van der Waals surface area contributed by atoms with Gasteiger partial charge >= 0.3 is 0 Å². The fourth-order valence-electron chi connectivity index (χ4n) is 12.8. The van der Waals surface area contributed by atoms with Gasteiger partial charge in [0, 0.05) is 104 Å². The SMILES string of the molecule is C[C@@H]1NC(=O)[C@@H]2CSS[C@H](NC(=O)[C@H](Cc3c[nH]c4ccccc34)NC(=O)[C@H](CCCNC(=N)N)NC(=O)[C@@H](Cc3ccccc3)NC(=O)[C@H](Cc3c[nH]cn3)NC1=O)C(=O)N[C@@H](C)C(=O)N[C@@H](Cc1c[nH]cn1)C(=O)N[C@H](Cc1ccccc1)C(=O)N[C@@H](CCCNC(=N)N)C(=O)N[C@@H](Cc1c[nH]c3ccccc13)C(=O)N2. The molecule has 10 rings (SSSR count). The second-order valence-electron chi connectivity index (χ2n) is 27.3. The lowest BCUT2D eigenvalue weighted by Crippen LogP contribution is -2.62. The lowest BCUT2D eigenvalue weighted by Gasteiger charge is -2.29. The van der Waals surface area contributed by atoms with Gasteiger partial charge in [0.25, 0.3) is 5.91 Å². The summed E-state index contributed by atoms with van der Waals surface area (Å²) in [6, 6.07) is 14.2. The molecular weight excluding hydrogens is 1490 g/mol. The van der Waals surface area contributed by atoms with Gasteiger partial charge in [0.05, 0.1) is 24.0 Å². The number of rotatable bonds is 20. The van der Waals surface area contributed by atoms with Crippen LogP contribution in [0.3, 0.4) is 0 Å². The van der Waals surface area contributed by atoms with E-state index in [9.17, 15) is 19.2 Å². The van der Waals surface area contributed by atoms with Crippen LogP contribution in [-0.4, -0.2) is 203 Å². The smallest absolute Gasteiger partial charge is 0.254 e. The first-order chi connectivity index (χ1) is 54.4. The molecule has 2 saturated heterocycles. The van der Waals surface area contributed by atoms with Crippen LogP contribution in [0, 0.1) is 10.8 Å². The van der Waals surface area contributed by atoms with Crippen LogP contribution >= 0.6 is 21.6 Å². The van der Waals surface area contributed by atoms with Crippen molar-refractivity contribution in [2.24, 2.45) is 11.5 Å². The van der Waals surface area contributed by atoms with Crippen molar-refractivity contribution in [3.8, 4) is 0 Å². The molecule has 596 valence electrons. The quantitative estimate of drug-likeness (QED) is 0.0181. The van der Waals surface area contributed by atoms with Crippen LogP contribution in [0.2, 0.25) is 0 Å². The van der Waals surface area contributed by atoms with E-state index in [4.69, 9.17) is 22.3 Å². The average Bonchev–Trinajstić information content (AvgIpc) is 1.68. The molecule has 38 heteroatoms. The van der Waals surface area contributed by atoms with Crippen molar-refractivity contribution >= 4 is 126 Å². The number of imidazole rings is 2. The van der Waals surface area contributed by atoms with Crippen molar-refractivity contribution in [2.75, 3.05) is 18.8 Å². The van der Waals surface area contributed by atoms with Crippen LogP contribution in [0.1, 0.15) is 73.2 Å². The summed E-state index contributed by atoms with van der Waals surface area (Å²) in [7, 11) is 1.38. The van der Waals surface area contributed by atoms with Crippen molar-refractivity contribution in [3.63, 3.8) is 0 Å². The second kappa shape index (κ2) is 40.3. The molecule has 0 radical (unpaired) electrons. The van der Waals surface area contributed by atoms with E-state index in [0.717, 1.165) is 10.8 Å². The van der Waals surface area contributed by atoms with Gasteiger partial charge in [0.15, 0.2) is 17.3 Å². The molecule has 24 N–H and O–H groups in total. The maximum atomic E-state index is 15.6. The number of aromatic amines is 4. The fraction of sp³-hybridized carbons (Fsp3) is 0.360. The Morgan fingerprint density at radius 2 is 0.752 bits per heavy atom. The minimum atomic E-state index is -1.80. The first kappa shape index (κ1) is 82.7. The normalized spacial score (nSPS) is 23.4. The average molecular weight is 1590 g/mol. The predicted molar refractivity (Wildman–Crippen MR) is 422 cm³/mol. The van der Waals surface area contributed by atoms with Crippen LogP contribution in [-0.2, 0) is 96.1 Å². The monoisotopic (exact) mass is 1580 g/mol. The number of aromatic nitrogens is 6. The summed E-state index contributed by atoms with van der Waals surface area (Å²) < 4.78 is 0. The molecule has 12 atom stereocenters. The summed E-state index contributed by atoms with van der Waals surface area (Å²) >= 11 is 0. The molecule has 2 fully saturated rings. The number of carbonyl (C=O) groups is 12. The molecule has 2 bridgehead atoms. The van der Waals surface area contributed by atoms with Gasteiger partial charge in [-0.2, -0.15) is 0 Å². The second-order valence-corrected chi connectivity index (χ2v) is 29.8. The highest BCUT2D eigenvalue weighted by molar-refractivity contribution is 8.77. The van der Waals surface area contributed by atoms with Gasteiger partial charge in [-0.1, -0.05) is 119 Å². The third-order valence-electron chi connectivity index (χ3n) is 18.8. The van der Waals surface area contributed by atoms with E-state index in [1.807, 2.05) is 0 Å². The number of amides is 12. The van der Waals surface area contributed by atoms with Crippen molar-refractivity contribution in [2.45, 2.75) is 150 Å². The lowest BCUT2D eigenvalue weighted by atomic mass is 10.0. The number of guanidine groups is 2. The summed E-state index contributed by atoms with van der Waals surface area (Å²) in [6.45, 7) is 2.67. The maximum absolute atomic E-state index is 15.6. The Labute approximate surface area is 656 Å². The largest absolute Gasteiger partial charge is 0.370 e. The highest BCUT2D eigenvalue weighted by Crippen LogP contribution is 2.29. The fourth-order valence-corrected chi connectivity index (χ4v) is 15.1. The van der Waals surface area contributed by atoms with Crippen LogP contribution in [0.15, 0.2) is 147 Å². The number of benzene rings is 4. The van der Waals surface area contributed by atoms with E-state index in [-0.39, 0.29) is 101 Å². The molecule has 0 saturated carbocycles. The Balaban J connectivity index is 1.09. The van der Waals surface area contributed by atoms with Crippen LogP contribution in [0.4, 0.5) is 0 Å². The Morgan fingerprint density at radius 1 is 0.398 bits per heavy atom. The van der Waals surface area contributed by atoms with E-state index in [0.29, 0.717) is 54.9 Å². The Morgan fingerprint density at radius 3 is 1.17 bits per heavy atom. The molecule has 2 aliphatic heterocycles. The molecule has 113 heavy (non-hydrogen) atoms. The first-order valence-electron chi connectivity index (χ1n) is 36.6. The zero-order valence-corrected chi connectivity index (χ0v) is 63.4. The highest BCUT2D eigenvalue weighted by Gasteiger charge is 2.39. The molecular formula is C75H92N24O12S2. The minimum Gasteiger partial charge on any atom is -0.370 e. The van der Waals surface area contributed by atoms with Gasteiger partial charge in [-0.3, -0.25) is 68.4 Å². The Kier molecular flexibility index (Phi) is 29.5. The number of hydrogen-bond acceptors (Lipinski definition) is 18. The number of carbonyl (C=O) groups excluding carboxylic acids is 12. The Bertz CT molecular complexity index is 4390. The molecule has 0 spiro atoms. The molecule has 0 unspecified atom stereocenters. The van der Waals surface area contributed by atoms with Crippen molar-refractivity contribution < 1.29 is 57.5 Å². The predicted octanol–water partition coefficient (Wildman–Crippen LogP) is -1.40. The summed E-state index contributed by atoms with van der Waals surface area (Å²) in [4.78, 5) is 203. The van der Waals surface area contributed by atoms with Crippen molar-refractivity contribution in [1.82, 2.24) is 104 Å². The topological polar surface area (TPSA) is 562 Å². The van der Waals surface area contributed by atoms with Gasteiger partial charge in [-0.25, -0.2) is 9.97 Å². The maximum Gasteiger partial charge on any atom is 0.254 e. The van der Waals surface area contributed by atoms with Gasteiger partial charge in [0.1, 0.15) is 66.5 Å². The van der Waals surface area contributed by atoms with Crippen molar-refractivity contribution in [3.05, 3.63) is 180 Å². The zero-order chi connectivity index (χ0) is 80.5. The number of fused-ring (bicyclic) bond motifs is 6. The Hall–Kier alpha value is -12.7.